The Morgan fingerprint density at radius 3 is 2.57 bits per heavy atom. The van der Waals surface area contributed by atoms with E-state index >= 15 is 0 Å². The van der Waals surface area contributed by atoms with E-state index in [-0.39, 0.29) is 0 Å². The highest BCUT2D eigenvalue weighted by Crippen LogP contribution is 2.26. The maximum absolute atomic E-state index is 4.62. The Bertz CT molecular complexity index is 810. The van der Waals surface area contributed by atoms with E-state index < -0.39 is 0 Å². The molecule has 0 unspecified atom stereocenters. The van der Waals surface area contributed by atoms with Gasteiger partial charge in [-0.1, -0.05) is 30.3 Å². The summed E-state index contributed by atoms with van der Waals surface area (Å²) in [4.78, 5) is 5.81. The molecule has 0 saturated heterocycles. The van der Waals surface area contributed by atoms with Gasteiger partial charge in [-0.2, -0.15) is 0 Å². The van der Waals surface area contributed by atoms with Gasteiger partial charge in [0.2, 0.25) is 0 Å². The highest BCUT2D eigenvalue weighted by atomic mass is 32.2. The van der Waals surface area contributed by atoms with Gasteiger partial charge >= 0.3 is 5.13 Å². The molecule has 0 aliphatic rings. The Labute approximate surface area is 145 Å². The fourth-order valence-electron chi connectivity index (χ4n) is 2.37. The highest BCUT2D eigenvalue weighted by Gasteiger charge is 2.19. The zero-order valence-electron chi connectivity index (χ0n) is 13.3. The van der Waals surface area contributed by atoms with Crippen molar-refractivity contribution in [3.63, 3.8) is 0 Å². The number of nitrogens with one attached hydrogen (secondary N) is 1. The lowest BCUT2D eigenvalue weighted by Crippen LogP contribution is -2.34. The second kappa shape index (κ2) is 7.62. The van der Waals surface area contributed by atoms with Crippen LogP contribution in [-0.4, -0.2) is 11.7 Å². The lowest BCUT2D eigenvalue weighted by atomic mass is 10.3. The molecule has 3 aromatic rings. The highest BCUT2D eigenvalue weighted by molar-refractivity contribution is 8.14. The average Bonchev–Trinajstić information content (AvgIpc) is 2.93. The maximum Gasteiger partial charge on any atom is 0.341 e. The number of amidine groups is 1. The minimum Gasteiger partial charge on any atom is -0.241 e. The number of hydrogen-bond acceptors (Lipinski definition) is 3. The van der Waals surface area contributed by atoms with Crippen molar-refractivity contribution in [2.24, 2.45) is 4.99 Å². The Kier molecular flexibility index (Phi) is 5.31. The summed E-state index contributed by atoms with van der Waals surface area (Å²) in [7, 11) is 0. The van der Waals surface area contributed by atoms with Crippen LogP contribution >= 0.6 is 23.1 Å². The number of thioether (sulfide) groups is 1. The van der Waals surface area contributed by atoms with E-state index in [0.717, 1.165) is 23.4 Å². The van der Waals surface area contributed by atoms with Gasteiger partial charge in [0, 0.05) is 11.4 Å². The van der Waals surface area contributed by atoms with Gasteiger partial charge in [-0.15, -0.1) is 0 Å². The molecular weight excluding hydrogens is 322 g/mol. The van der Waals surface area contributed by atoms with E-state index in [1.807, 2.05) is 6.07 Å². The molecular formula is C18H20N3S2+. The molecule has 5 heteroatoms. The van der Waals surface area contributed by atoms with Gasteiger partial charge in [-0.05, 0) is 61.2 Å². The molecule has 0 amide bonds. The number of nitrogens with zero attached hydrogens (tertiary/aromatic N) is 2. The number of benzene rings is 2. The van der Waals surface area contributed by atoms with Crippen LogP contribution in [0.5, 0.6) is 0 Å². The first-order valence-electron chi connectivity index (χ1n) is 7.77. The third-order valence-corrected chi connectivity index (χ3v) is 5.41. The first-order valence-corrected chi connectivity index (χ1v) is 9.41. The molecule has 0 fully saturated rings. The molecule has 1 N–H and O–H groups in total. The Morgan fingerprint density at radius 1 is 1.09 bits per heavy atom. The van der Waals surface area contributed by atoms with Crippen molar-refractivity contribution in [2.45, 2.75) is 25.3 Å². The molecule has 1 aromatic heterocycles. The third kappa shape index (κ3) is 3.74. The van der Waals surface area contributed by atoms with Crippen molar-refractivity contribution in [3.05, 3.63) is 54.6 Å². The summed E-state index contributed by atoms with van der Waals surface area (Å²) >= 11 is 3.44. The van der Waals surface area contributed by atoms with Crippen LogP contribution in [0.25, 0.3) is 10.2 Å². The topological polar surface area (TPSA) is 28.3 Å². The standard InChI is InChI=1S/C18H19N3S2/c1-3-19-17(22-14-10-6-5-7-11-14)20-18-21(4-2)15-12-8-9-13-16(15)23-18/h5-13H,3-4H2,1-2H3/p+1. The van der Waals surface area contributed by atoms with Gasteiger partial charge in [0.05, 0.1) is 11.2 Å². The molecule has 0 bridgehead atoms. The van der Waals surface area contributed by atoms with Gasteiger partial charge in [0.15, 0.2) is 0 Å². The van der Waals surface area contributed by atoms with Crippen LogP contribution in [0.1, 0.15) is 13.8 Å². The largest absolute Gasteiger partial charge is 0.341 e. The molecule has 0 saturated carbocycles. The summed E-state index contributed by atoms with van der Waals surface area (Å²) in [5, 5.41) is 5.60. The van der Waals surface area contributed by atoms with E-state index in [1.165, 1.54) is 15.1 Å². The molecule has 0 aliphatic heterocycles. The molecule has 3 rings (SSSR count). The quantitative estimate of drug-likeness (QED) is 0.320. The third-order valence-electron chi connectivity index (χ3n) is 3.40. The normalized spacial score (nSPS) is 11.8. The number of rotatable bonds is 4. The van der Waals surface area contributed by atoms with Crippen LogP contribution < -0.4 is 9.88 Å². The number of thiazole rings is 1. The minimum absolute atomic E-state index is 0.763. The first-order chi connectivity index (χ1) is 11.3. The number of hydrogen-bond donors (Lipinski definition) is 1. The van der Waals surface area contributed by atoms with E-state index in [1.54, 1.807) is 23.1 Å². The molecule has 0 spiro atoms. The number of fused-ring (bicyclic) bond motifs is 1. The number of aliphatic imine (C=N–C) groups is 1. The Balaban J connectivity index is 1.90. The Morgan fingerprint density at radius 2 is 1.83 bits per heavy atom. The zero-order chi connectivity index (χ0) is 16.1. The lowest BCUT2D eigenvalue weighted by molar-refractivity contribution is -0.649. The molecule has 0 atom stereocenters. The van der Waals surface area contributed by atoms with E-state index in [0.29, 0.717) is 0 Å². The summed E-state index contributed by atoms with van der Waals surface area (Å²) < 4.78 is 3.59. The second-order valence-corrected chi connectivity index (χ2v) is 7.03. The second-order valence-electron chi connectivity index (χ2n) is 4.94. The summed E-state index contributed by atoms with van der Waals surface area (Å²) in [6.07, 6.45) is 0. The van der Waals surface area contributed by atoms with Crippen LogP contribution in [0, 0.1) is 0 Å². The van der Waals surface area contributed by atoms with E-state index in [9.17, 15) is 0 Å². The lowest BCUT2D eigenvalue weighted by Gasteiger charge is -2.04. The summed E-state index contributed by atoms with van der Waals surface area (Å²) in [5.74, 6) is 0. The SMILES string of the molecule is CCN=C(Nc1sc2ccccc2[n+]1CC)Sc1ccccc1. The summed E-state index contributed by atoms with van der Waals surface area (Å²) in [5.41, 5.74) is 1.27. The van der Waals surface area contributed by atoms with E-state index in [2.05, 4.69) is 77.3 Å². The molecule has 0 aliphatic carbocycles. The van der Waals surface area contributed by atoms with Crippen LogP contribution in [0.4, 0.5) is 5.13 Å². The minimum atomic E-state index is 0.763. The smallest absolute Gasteiger partial charge is 0.241 e. The number of aromatic nitrogens is 1. The van der Waals surface area contributed by atoms with Crippen molar-refractivity contribution in [3.8, 4) is 0 Å². The van der Waals surface area contributed by atoms with Gasteiger partial charge in [-0.25, -0.2) is 14.9 Å². The molecule has 0 radical (unpaired) electrons. The van der Waals surface area contributed by atoms with Crippen molar-refractivity contribution in [1.82, 2.24) is 0 Å². The average molecular weight is 343 g/mol. The van der Waals surface area contributed by atoms with Gasteiger partial charge in [-0.3, -0.25) is 0 Å². The number of para-hydroxylation sites is 1. The predicted octanol–water partition coefficient (Wildman–Crippen LogP) is 4.79. The summed E-state index contributed by atoms with van der Waals surface area (Å²) in [6, 6.07) is 18.9. The van der Waals surface area contributed by atoms with Crippen molar-refractivity contribution in [2.75, 3.05) is 11.9 Å². The van der Waals surface area contributed by atoms with E-state index in [4.69, 9.17) is 0 Å². The fourth-order valence-corrected chi connectivity index (χ4v) is 4.42. The van der Waals surface area contributed by atoms with Crippen LogP contribution in [0.2, 0.25) is 0 Å². The van der Waals surface area contributed by atoms with Crippen molar-refractivity contribution < 1.29 is 4.57 Å². The molecule has 1 heterocycles. The van der Waals surface area contributed by atoms with Crippen molar-refractivity contribution >= 4 is 43.6 Å². The van der Waals surface area contributed by atoms with Crippen LogP contribution in [0.15, 0.2) is 64.5 Å². The summed E-state index contributed by atoms with van der Waals surface area (Å²) in [6.45, 7) is 5.93. The zero-order valence-corrected chi connectivity index (χ0v) is 15.0. The predicted molar refractivity (Wildman–Crippen MR) is 102 cm³/mol. The Hall–Kier alpha value is -1.85. The molecule has 118 valence electrons. The fraction of sp³-hybridized carbons (Fsp3) is 0.222. The molecule has 23 heavy (non-hydrogen) atoms. The number of aryl methyl sites for hydroxylation is 1. The van der Waals surface area contributed by atoms with Crippen LogP contribution in [-0.2, 0) is 6.54 Å². The first kappa shape index (κ1) is 16.0. The monoisotopic (exact) mass is 342 g/mol. The van der Waals surface area contributed by atoms with Gasteiger partial charge < -0.3 is 0 Å². The molecule has 3 nitrogen and oxygen atoms in total. The molecule has 2 aromatic carbocycles. The van der Waals surface area contributed by atoms with Crippen molar-refractivity contribution in [1.29, 1.82) is 0 Å². The maximum atomic E-state index is 4.62. The van der Waals surface area contributed by atoms with Gasteiger partial charge in [0.25, 0.3) is 5.17 Å². The number of anilines is 1. The van der Waals surface area contributed by atoms with Gasteiger partial charge in [0.1, 0.15) is 5.52 Å². The van der Waals surface area contributed by atoms with Crippen LogP contribution in [0.3, 0.4) is 0 Å².